The minimum Gasteiger partial charge on any atom is -0.473 e. The van der Waals surface area contributed by atoms with Crippen molar-refractivity contribution in [1.82, 2.24) is 10.3 Å². The average molecular weight is 448 g/mol. The van der Waals surface area contributed by atoms with E-state index in [9.17, 15) is 4.79 Å². The van der Waals surface area contributed by atoms with Crippen molar-refractivity contribution in [3.8, 4) is 5.88 Å². The van der Waals surface area contributed by atoms with Crippen LogP contribution in [0.25, 0.3) is 0 Å². The summed E-state index contributed by atoms with van der Waals surface area (Å²) in [4.78, 5) is 18.8. The standard InChI is InChI=1S/C21H26BrN3O3/c1-21(2,3)28-20(26)23-17-9-10-25(13-17)18-11-16(22)12-19(24-18)27-14-15-7-5-4-6-8-15/h4-8,11-12,17H,9-10,13-14H2,1-3H3,(H,23,26)/t17-/m1/s1. The monoisotopic (exact) mass is 447 g/mol. The lowest BCUT2D eigenvalue weighted by atomic mass is 10.2. The van der Waals surface area contributed by atoms with E-state index in [0.29, 0.717) is 19.0 Å². The van der Waals surface area contributed by atoms with E-state index < -0.39 is 5.60 Å². The summed E-state index contributed by atoms with van der Waals surface area (Å²) < 4.78 is 12.1. The highest BCUT2D eigenvalue weighted by Gasteiger charge is 2.27. The molecule has 28 heavy (non-hydrogen) atoms. The number of amides is 1. The van der Waals surface area contributed by atoms with Crippen LogP contribution in [0.5, 0.6) is 5.88 Å². The van der Waals surface area contributed by atoms with E-state index in [2.05, 4.69) is 31.1 Å². The fourth-order valence-corrected chi connectivity index (χ4v) is 3.39. The number of pyridine rings is 1. The molecule has 1 aliphatic rings. The molecule has 6 nitrogen and oxygen atoms in total. The SMILES string of the molecule is CC(C)(C)OC(=O)N[C@@H]1CCN(c2cc(Br)cc(OCc3ccccc3)n2)C1. The summed E-state index contributed by atoms with van der Waals surface area (Å²) in [5, 5.41) is 2.94. The molecule has 2 heterocycles. The number of nitrogens with zero attached hydrogens (tertiary/aromatic N) is 2. The van der Waals surface area contributed by atoms with Crippen molar-refractivity contribution >= 4 is 27.8 Å². The zero-order chi connectivity index (χ0) is 20.1. The van der Waals surface area contributed by atoms with Crippen molar-refractivity contribution < 1.29 is 14.3 Å². The first-order valence-electron chi connectivity index (χ1n) is 9.37. The third-order valence-electron chi connectivity index (χ3n) is 4.22. The molecule has 2 aromatic rings. The van der Waals surface area contributed by atoms with Gasteiger partial charge in [0.2, 0.25) is 5.88 Å². The summed E-state index contributed by atoms with van der Waals surface area (Å²) in [5.41, 5.74) is 0.591. The number of carbonyl (C=O) groups excluding carboxylic acids is 1. The molecule has 0 spiro atoms. The maximum atomic E-state index is 12.0. The molecule has 1 aromatic heterocycles. The average Bonchev–Trinajstić information content (AvgIpc) is 3.07. The molecular weight excluding hydrogens is 422 g/mol. The fraction of sp³-hybridized carbons (Fsp3) is 0.429. The molecule has 0 unspecified atom stereocenters. The third kappa shape index (κ3) is 6.12. The van der Waals surface area contributed by atoms with Gasteiger partial charge in [0.15, 0.2) is 0 Å². The second-order valence-corrected chi connectivity index (χ2v) is 8.75. The Labute approximate surface area is 174 Å². The topological polar surface area (TPSA) is 63.7 Å². The van der Waals surface area contributed by atoms with Crippen LogP contribution in [0.4, 0.5) is 10.6 Å². The van der Waals surface area contributed by atoms with E-state index in [-0.39, 0.29) is 12.1 Å². The van der Waals surface area contributed by atoms with E-state index in [4.69, 9.17) is 9.47 Å². The molecule has 7 heteroatoms. The number of anilines is 1. The first-order chi connectivity index (χ1) is 13.3. The lowest BCUT2D eigenvalue weighted by Gasteiger charge is -2.22. The molecule has 150 valence electrons. The van der Waals surface area contributed by atoms with Gasteiger partial charge in [-0.1, -0.05) is 46.3 Å². The van der Waals surface area contributed by atoms with Crippen LogP contribution in [0, 0.1) is 0 Å². The molecule has 1 saturated heterocycles. The summed E-state index contributed by atoms with van der Waals surface area (Å²) in [6.45, 7) is 7.52. The second kappa shape index (κ2) is 8.82. The van der Waals surface area contributed by atoms with Crippen LogP contribution >= 0.6 is 15.9 Å². The predicted octanol–water partition coefficient (Wildman–Crippen LogP) is 4.53. The molecule has 1 amide bonds. The highest BCUT2D eigenvalue weighted by molar-refractivity contribution is 9.10. The molecule has 1 atom stereocenters. The van der Waals surface area contributed by atoms with Gasteiger partial charge in [0.1, 0.15) is 18.0 Å². The number of halogens is 1. The Bertz CT molecular complexity index is 808. The van der Waals surface area contributed by atoms with Gasteiger partial charge in [-0.05, 0) is 38.8 Å². The molecule has 1 aliphatic heterocycles. The van der Waals surface area contributed by atoms with Crippen molar-refractivity contribution in [2.75, 3.05) is 18.0 Å². The fourth-order valence-electron chi connectivity index (χ4n) is 2.99. The Balaban J connectivity index is 1.59. The van der Waals surface area contributed by atoms with Crippen molar-refractivity contribution in [1.29, 1.82) is 0 Å². The number of aromatic nitrogens is 1. The van der Waals surface area contributed by atoms with Crippen LogP contribution in [0.15, 0.2) is 46.9 Å². The van der Waals surface area contributed by atoms with E-state index in [1.165, 1.54) is 0 Å². The maximum absolute atomic E-state index is 12.0. The minimum absolute atomic E-state index is 0.0318. The molecule has 1 aromatic carbocycles. The number of benzene rings is 1. The quantitative estimate of drug-likeness (QED) is 0.729. The predicted molar refractivity (Wildman–Crippen MR) is 113 cm³/mol. The number of rotatable bonds is 5. The van der Waals surface area contributed by atoms with Gasteiger partial charge in [-0.3, -0.25) is 0 Å². The van der Waals surface area contributed by atoms with Crippen molar-refractivity contribution in [2.45, 2.75) is 45.4 Å². The Morgan fingerprint density at radius 3 is 2.75 bits per heavy atom. The third-order valence-corrected chi connectivity index (χ3v) is 4.67. The van der Waals surface area contributed by atoms with Crippen molar-refractivity contribution in [3.05, 3.63) is 52.5 Å². The van der Waals surface area contributed by atoms with E-state index in [1.54, 1.807) is 0 Å². The minimum atomic E-state index is -0.501. The number of hydrogen-bond acceptors (Lipinski definition) is 5. The molecule has 1 N–H and O–H groups in total. The molecule has 3 rings (SSSR count). The number of hydrogen-bond donors (Lipinski definition) is 1. The van der Waals surface area contributed by atoms with Gasteiger partial charge in [0, 0.05) is 23.6 Å². The normalized spacial score (nSPS) is 16.7. The van der Waals surface area contributed by atoms with Crippen LogP contribution < -0.4 is 15.0 Å². The summed E-state index contributed by atoms with van der Waals surface area (Å²) >= 11 is 3.54. The van der Waals surface area contributed by atoms with Gasteiger partial charge in [-0.25, -0.2) is 4.79 Å². The van der Waals surface area contributed by atoms with Crippen molar-refractivity contribution in [2.24, 2.45) is 0 Å². The lowest BCUT2D eigenvalue weighted by Crippen LogP contribution is -2.40. The van der Waals surface area contributed by atoms with Crippen LogP contribution in [-0.2, 0) is 11.3 Å². The van der Waals surface area contributed by atoms with Crippen LogP contribution in [0.1, 0.15) is 32.8 Å². The molecule has 1 fully saturated rings. The van der Waals surface area contributed by atoms with Gasteiger partial charge in [0.05, 0.1) is 6.04 Å². The second-order valence-electron chi connectivity index (χ2n) is 7.83. The molecule has 0 saturated carbocycles. The smallest absolute Gasteiger partial charge is 0.407 e. The summed E-state index contributed by atoms with van der Waals surface area (Å²) in [5.74, 6) is 1.39. The van der Waals surface area contributed by atoms with Crippen LogP contribution in [0.2, 0.25) is 0 Å². The Kier molecular flexibility index (Phi) is 6.44. The number of nitrogens with one attached hydrogen (secondary N) is 1. The summed E-state index contributed by atoms with van der Waals surface area (Å²) in [6, 6.07) is 13.8. The number of ether oxygens (including phenoxy) is 2. The van der Waals surface area contributed by atoms with Gasteiger partial charge >= 0.3 is 6.09 Å². The number of alkyl carbamates (subject to hydrolysis) is 1. The zero-order valence-corrected chi connectivity index (χ0v) is 18.0. The lowest BCUT2D eigenvalue weighted by molar-refractivity contribution is 0.0509. The van der Waals surface area contributed by atoms with Gasteiger partial charge in [0.25, 0.3) is 0 Å². The van der Waals surface area contributed by atoms with Gasteiger partial charge in [-0.15, -0.1) is 0 Å². The number of carbonyl (C=O) groups is 1. The largest absolute Gasteiger partial charge is 0.473 e. The Hall–Kier alpha value is -2.28. The van der Waals surface area contributed by atoms with Crippen LogP contribution in [0.3, 0.4) is 0 Å². The van der Waals surface area contributed by atoms with E-state index in [0.717, 1.165) is 28.8 Å². The highest BCUT2D eigenvalue weighted by Crippen LogP contribution is 2.26. The highest BCUT2D eigenvalue weighted by atomic mass is 79.9. The van der Waals surface area contributed by atoms with Crippen LogP contribution in [-0.4, -0.2) is 35.8 Å². The molecule has 0 radical (unpaired) electrons. The van der Waals surface area contributed by atoms with Gasteiger partial charge < -0.3 is 19.7 Å². The van der Waals surface area contributed by atoms with E-state index in [1.807, 2.05) is 63.2 Å². The molecule has 0 bridgehead atoms. The summed E-state index contributed by atoms with van der Waals surface area (Å²) in [6.07, 6.45) is 0.460. The Morgan fingerprint density at radius 2 is 2.04 bits per heavy atom. The molecular formula is C21H26BrN3O3. The first kappa shape index (κ1) is 20.5. The first-order valence-corrected chi connectivity index (χ1v) is 10.2. The maximum Gasteiger partial charge on any atom is 0.407 e. The summed E-state index contributed by atoms with van der Waals surface area (Å²) in [7, 11) is 0. The van der Waals surface area contributed by atoms with Gasteiger partial charge in [-0.2, -0.15) is 4.98 Å². The van der Waals surface area contributed by atoms with Crippen molar-refractivity contribution in [3.63, 3.8) is 0 Å². The molecule has 0 aliphatic carbocycles. The van der Waals surface area contributed by atoms with E-state index >= 15 is 0 Å². The Morgan fingerprint density at radius 1 is 1.29 bits per heavy atom. The zero-order valence-electron chi connectivity index (χ0n) is 16.4.